The Labute approximate surface area is 156 Å². The lowest BCUT2D eigenvalue weighted by Gasteiger charge is -2.15. The highest BCUT2D eigenvalue weighted by atomic mass is 35.5. The molecule has 1 fully saturated rings. The number of carbonyl (C=O) groups is 1. The molecule has 5 nitrogen and oxygen atoms in total. The first-order chi connectivity index (χ1) is 11.9. The maximum absolute atomic E-state index is 12.4. The molecule has 3 rings (SSSR count). The van der Waals surface area contributed by atoms with E-state index in [9.17, 15) is 13.2 Å². The summed E-state index contributed by atoms with van der Waals surface area (Å²) >= 11 is 11.7. The van der Waals surface area contributed by atoms with E-state index < -0.39 is 10.0 Å². The molecular weight excluding hydrogens is 383 g/mol. The van der Waals surface area contributed by atoms with Crippen LogP contribution in [-0.2, 0) is 10.0 Å². The number of rotatable bonds is 4. The maximum atomic E-state index is 12.4. The fraction of sp³-hybridized carbons (Fsp3) is 0.235. The van der Waals surface area contributed by atoms with Gasteiger partial charge >= 0.3 is 0 Å². The highest BCUT2D eigenvalue weighted by Crippen LogP contribution is 2.26. The molecule has 1 amide bonds. The fourth-order valence-corrected chi connectivity index (χ4v) is 4.09. The second kappa shape index (κ2) is 7.23. The zero-order chi connectivity index (χ0) is 18.0. The Morgan fingerprint density at radius 3 is 2.20 bits per heavy atom. The molecule has 0 atom stereocenters. The van der Waals surface area contributed by atoms with E-state index in [-0.39, 0.29) is 20.8 Å². The Balaban J connectivity index is 1.76. The lowest BCUT2D eigenvalue weighted by Crippen LogP contribution is -2.27. The minimum absolute atomic E-state index is 0.0131. The van der Waals surface area contributed by atoms with Crippen molar-refractivity contribution in [3.8, 4) is 0 Å². The second-order valence-corrected chi connectivity index (χ2v) is 8.25. The third-order valence-corrected chi connectivity index (χ3v) is 6.10. The zero-order valence-electron chi connectivity index (χ0n) is 13.2. The van der Waals surface area contributed by atoms with Crippen molar-refractivity contribution in [2.45, 2.75) is 17.7 Å². The number of hydrogen-bond acceptors (Lipinski definition) is 3. The average Bonchev–Trinajstić information content (AvgIpc) is 3.11. The molecule has 2 aromatic carbocycles. The molecule has 132 valence electrons. The van der Waals surface area contributed by atoms with Gasteiger partial charge in [0.05, 0.1) is 14.9 Å². The molecule has 1 aliphatic heterocycles. The highest BCUT2D eigenvalue weighted by Gasteiger charge is 2.20. The number of hydrogen-bond donors (Lipinski definition) is 1. The van der Waals surface area contributed by atoms with Crippen molar-refractivity contribution < 1.29 is 13.2 Å². The Morgan fingerprint density at radius 1 is 0.960 bits per heavy atom. The Bertz CT molecular complexity index is 893. The minimum Gasteiger partial charge on any atom is -0.339 e. The van der Waals surface area contributed by atoms with Crippen molar-refractivity contribution in [2.24, 2.45) is 0 Å². The van der Waals surface area contributed by atoms with Crippen LogP contribution >= 0.6 is 23.2 Å². The van der Waals surface area contributed by atoms with E-state index >= 15 is 0 Å². The molecule has 1 N–H and O–H groups in total. The predicted molar refractivity (Wildman–Crippen MR) is 98.9 cm³/mol. The zero-order valence-corrected chi connectivity index (χ0v) is 15.5. The van der Waals surface area contributed by atoms with E-state index in [0.29, 0.717) is 11.3 Å². The minimum atomic E-state index is -3.79. The average molecular weight is 399 g/mol. The van der Waals surface area contributed by atoms with Crippen LogP contribution in [0.25, 0.3) is 0 Å². The van der Waals surface area contributed by atoms with Gasteiger partial charge in [-0.3, -0.25) is 9.52 Å². The Hall–Kier alpha value is -1.76. The van der Waals surface area contributed by atoms with Crippen molar-refractivity contribution in [3.05, 3.63) is 58.1 Å². The summed E-state index contributed by atoms with van der Waals surface area (Å²) in [5, 5.41) is 0.446. The van der Waals surface area contributed by atoms with E-state index in [1.807, 2.05) is 0 Å². The maximum Gasteiger partial charge on any atom is 0.261 e. The summed E-state index contributed by atoms with van der Waals surface area (Å²) < 4.78 is 27.3. The van der Waals surface area contributed by atoms with Gasteiger partial charge in [0, 0.05) is 24.3 Å². The van der Waals surface area contributed by atoms with Crippen molar-refractivity contribution in [1.82, 2.24) is 4.90 Å². The summed E-state index contributed by atoms with van der Waals surface area (Å²) in [5.41, 5.74) is 0.906. The quantitative estimate of drug-likeness (QED) is 0.844. The van der Waals surface area contributed by atoms with Crippen LogP contribution in [0.1, 0.15) is 23.2 Å². The fourth-order valence-electron chi connectivity index (χ4n) is 2.64. The van der Waals surface area contributed by atoms with Crippen molar-refractivity contribution in [1.29, 1.82) is 0 Å². The first kappa shape index (κ1) is 18.0. The molecule has 1 aliphatic rings. The van der Waals surface area contributed by atoms with Crippen LogP contribution in [0.3, 0.4) is 0 Å². The molecule has 0 radical (unpaired) electrons. The van der Waals surface area contributed by atoms with Gasteiger partial charge in [-0.15, -0.1) is 0 Å². The van der Waals surface area contributed by atoms with Crippen LogP contribution in [0, 0.1) is 0 Å². The predicted octanol–water partition coefficient (Wildman–Crippen LogP) is 4.03. The Kier molecular flexibility index (Phi) is 5.22. The van der Waals surface area contributed by atoms with Crippen LogP contribution < -0.4 is 4.72 Å². The van der Waals surface area contributed by atoms with Gasteiger partial charge in [0.2, 0.25) is 0 Å². The number of anilines is 1. The van der Waals surface area contributed by atoms with Gasteiger partial charge < -0.3 is 4.90 Å². The first-order valence-electron chi connectivity index (χ1n) is 7.74. The van der Waals surface area contributed by atoms with Crippen molar-refractivity contribution in [3.63, 3.8) is 0 Å². The lowest BCUT2D eigenvalue weighted by atomic mass is 10.2. The molecule has 0 bridgehead atoms. The van der Waals surface area contributed by atoms with E-state index in [1.165, 1.54) is 18.2 Å². The number of amides is 1. The van der Waals surface area contributed by atoms with Crippen LogP contribution in [0.15, 0.2) is 47.4 Å². The molecule has 0 unspecified atom stereocenters. The molecule has 0 aromatic heterocycles. The molecule has 1 heterocycles. The lowest BCUT2D eigenvalue weighted by molar-refractivity contribution is 0.0793. The SMILES string of the molecule is O=C(c1ccc(NS(=O)(=O)c2ccc(Cl)c(Cl)c2)cc1)N1CCCC1. The van der Waals surface area contributed by atoms with Crippen molar-refractivity contribution >= 4 is 44.8 Å². The number of sulfonamides is 1. The summed E-state index contributed by atoms with van der Waals surface area (Å²) in [5.74, 6) is -0.0311. The normalized spacial score (nSPS) is 14.6. The van der Waals surface area contributed by atoms with Crippen molar-refractivity contribution in [2.75, 3.05) is 17.8 Å². The number of benzene rings is 2. The number of nitrogens with zero attached hydrogens (tertiary/aromatic N) is 1. The smallest absolute Gasteiger partial charge is 0.261 e. The summed E-state index contributed by atoms with van der Waals surface area (Å²) in [6, 6.07) is 10.5. The largest absolute Gasteiger partial charge is 0.339 e. The van der Waals surface area contributed by atoms with Crippen LogP contribution in [-0.4, -0.2) is 32.3 Å². The van der Waals surface area contributed by atoms with Gasteiger partial charge in [0.25, 0.3) is 15.9 Å². The van der Waals surface area contributed by atoms with Crippen LogP contribution in [0.4, 0.5) is 5.69 Å². The van der Waals surface area contributed by atoms with E-state index in [0.717, 1.165) is 25.9 Å². The number of likely N-dealkylation sites (tertiary alicyclic amines) is 1. The topological polar surface area (TPSA) is 66.5 Å². The van der Waals surface area contributed by atoms with E-state index in [4.69, 9.17) is 23.2 Å². The summed E-state index contributed by atoms with van der Waals surface area (Å²) in [6.07, 6.45) is 2.04. The second-order valence-electron chi connectivity index (χ2n) is 5.76. The first-order valence-corrected chi connectivity index (χ1v) is 9.98. The third-order valence-electron chi connectivity index (χ3n) is 3.98. The number of nitrogens with one attached hydrogen (secondary N) is 1. The van der Waals surface area contributed by atoms with Gasteiger partial charge in [-0.1, -0.05) is 23.2 Å². The molecule has 0 aliphatic carbocycles. The standard InChI is InChI=1S/C17H16Cl2N2O3S/c18-15-8-7-14(11-16(15)19)25(23,24)20-13-5-3-12(4-6-13)17(22)21-9-1-2-10-21/h3-8,11,20H,1-2,9-10H2. The monoisotopic (exact) mass is 398 g/mol. The molecule has 2 aromatic rings. The number of halogens is 2. The third kappa shape index (κ3) is 4.08. The molecule has 1 saturated heterocycles. The van der Waals surface area contributed by atoms with Crippen LogP contribution in [0.5, 0.6) is 0 Å². The van der Waals surface area contributed by atoms with Gasteiger partial charge in [0.1, 0.15) is 0 Å². The summed E-state index contributed by atoms with van der Waals surface area (Å²) in [7, 11) is -3.79. The molecule has 8 heteroatoms. The molecule has 25 heavy (non-hydrogen) atoms. The van der Waals surface area contributed by atoms with Gasteiger partial charge in [-0.2, -0.15) is 0 Å². The summed E-state index contributed by atoms with van der Waals surface area (Å²) in [6.45, 7) is 1.54. The molecule has 0 saturated carbocycles. The van der Waals surface area contributed by atoms with E-state index in [2.05, 4.69) is 4.72 Å². The Morgan fingerprint density at radius 2 is 1.60 bits per heavy atom. The van der Waals surface area contributed by atoms with Gasteiger partial charge in [-0.05, 0) is 55.3 Å². The summed E-state index contributed by atoms with van der Waals surface area (Å²) in [4.78, 5) is 14.1. The molecular formula is C17H16Cl2N2O3S. The van der Waals surface area contributed by atoms with Gasteiger partial charge in [-0.25, -0.2) is 8.42 Å². The van der Waals surface area contributed by atoms with Gasteiger partial charge in [0.15, 0.2) is 0 Å². The molecule has 0 spiro atoms. The van der Waals surface area contributed by atoms with E-state index in [1.54, 1.807) is 29.2 Å². The van der Waals surface area contributed by atoms with Crippen LogP contribution in [0.2, 0.25) is 10.0 Å². The number of carbonyl (C=O) groups excluding carboxylic acids is 1. The highest BCUT2D eigenvalue weighted by molar-refractivity contribution is 7.92.